The zero-order valence-electron chi connectivity index (χ0n) is 18.2. The molecule has 1 heterocycles. The molecule has 1 aliphatic heterocycles. The fourth-order valence-corrected chi connectivity index (χ4v) is 3.27. The number of methoxy groups -OCH3 is 1. The number of likely N-dealkylation sites (tertiary alicyclic amines) is 1. The van der Waals surface area contributed by atoms with Crippen molar-refractivity contribution in [3.05, 3.63) is 29.8 Å². The lowest BCUT2D eigenvalue weighted by Crippen LogP contribution is -2.47. The number of aryl methyl sites for hydroxylation is 1. The van der Waals surface area contributed by atoms with Crippen molar-refractivity contribution in [1.82, 2.24) is 10.2 Å². The van der Waals surface area contributed by atoms with Crippen molar-refractivity contribution < 1.29 is 14.2 Å². The van der Waals surface area contributed by atoms with Crippen molar-refractivity contribution >= 4 is 29.9 Å². The first kappa shape index (κ1) is 26.0. The van der Waals surface area contributed by atoms with Crippen LogP contribution in [-0.2, 0) is 9.47 Å². The van der Waals surface area contributed by atoms with Gasteiger partial charge in [-0.3, -0.25) is 4.99 Å². The monoisotopic (exact) mass is 519 g/mol. The van der Waals surface area contributed by atoms with E-state index in [0.717, 1.165) is 83.3 Å². The molecular formula is C22H38IN3O3. The van der Waals surface area contributed by atoms with Gasteiger partial charge in [0.15, 0.2) is 5.96 Å². The molecule has 0 aliphatic carbocycles. The molecule has 0 radical (unpaired) electrons. The van der Waals surface area contributed by atoms with Crippen LogP contribution in [0.5, 0.6) is 5.75 Å². The Morgan fingerprint density at radius 2 is 1.79 bits per heavy atom. The summed E-state index contributed by atoms with van der Waals surface area (Å²) in [5.74, 6) is 1.94. The summed E-state index contributed by atoms with van der Waals surface area (Å²) in [7, 11) is 3.59. The molecule has 6 nitrogen and oxygen atoms in total. The van der Waals surface area contributed by atoms with Gasteiger partial charge in [-0.05, 0) is 51.2 Å². The Balaban J connectivity index is 0.00000420. The largest absolute Gasteiger partial charge is 0.494 e. The van der Waals surface area contributed by atoms with E-state index in [4.69, 9.17) is 14.2 Å². The van der Waals surface area contributed by atoms with Crippen LogP contribution in [-0.4, -0.2) is 70.6 Å². The van der Waals surface area contributed by atoms with E-state index < -0.39 is 0 Å². The van der Waals surface area contributed by atoms with Crippen molar-refractivity contribution in [2.24, 2.45) is 4.99 Å². The molecule has 7 heteroatoms. The predicted molar refractivity (Wildman–Crippen MR) is 130 cm³/mol. The highest BCUT2D eigenvalue weighted by Gasteiger charge is 2.21. The van der Waals surface area contributed by atoms with Gasteiger partial charge in [0.2, 0.25) is 0 Å². The number of aliphatic imine (C=N–C) groups is 1. The molecule has 166 valence electrons. The van der Waals surface area contributed by atoms with Crippen molar-refractivity contribution in [1.29, 1.82) is 0 Å². The summed E-state index contributed by atoms with van der Waals surface area (Å²) in [6.45, 7) is 7.28. The van der Waals surface area contributed by atoms with Gasteiger partial charge in [-0.15, -0.1) is 24.0 Å². The van der Waals surface area contributed by atoms with Gasteiger partial charge < -0.3 is 24.4 Å². The third kappa shape index (κ3) is 10.5. The van der Waals surface area contributed by atoms with E-state index in [2.05, 4.69) is 34.3 Å². The first-order valence-electron chi connectivity index (χ1n) is 10.5. The van der Waals surface area contributed by atoms with Crippen LogP contribution < -0.4 is 10.1 Å². The minimum Gasteiger partial charge on any atom is -0.494 e. The summed E-state index contributed by atoms with van der Waals surface area (Å²) < 4.78 is 16.8. The highest BCUT2D eigenvalue weighted by molar-refractivity contribution is 14.0. The molecule has 1 aliphatic rings. The van der Waals surface area contributed by atoms with Gasteiger partial charge >= 0.3 is 0 Å². The lowest BCUT2D eigenvalue weighted by molar-refractivity contribution is 0.00991. The van der Waals surface area contributed by atoms with Crippen molar-refractivity contribution in [3.63, 3.8) is 0 Å². The maximum Gasteiger partial charge on any atom is 0.193 e. The van der Waals surface area contributed by atoms with Gasteiger partial charge in [-0.1, -0.05) is 17.7 Å². The van der Waals surface area contributed by atoms with E-state index >= 15 is 0 Å². The summed E-state index contributed by atoms with van der Waals surface area (Å²) in [6.07, 6.45) is 5.52. The molecular weight excluding hydrogens is 481 g/mol. The maximum atomic E-state index is 5.93. The van der Waals surface area contributed by atoms with E-state index in [1.807, 2.05) is 19.2 Å². The normalized spacial score (nSPS) is 15.1. The van der Waals surface area contributed by atoms with Crippen LogP contribution in [0.2, 0.25) is 0 Å². The summed E-state index contributed by atoms with van der Waals surface area (Å²) in [6, 6.07) is 8.21. The van der Waals surface area contributed by atoms with Crippen LogP contribution in [0.15, 0.2) is 29.3 Å². The number of hydrogen-bond acceptors (Lipinski definition) is 4. The number of hydrogen-bond donors (Lipinski definition) is 1. The average Bonchev–Trinajstić information content (AvgIpc) is 2.73. The second-order valence-corrected chi connectivity index (χ2v) is 7.25. The Morgan fingerprint density at radius 3 is 2.45 bits per heavy atom. The number of benzene rings is 1. The Hall–Kier alpha value is -1.06. The molecule has 0 spiro atoms. The van der Waals surface area contributed by atoms with E-state index in [0.29, 0.717) is 6.10 Å². The van der Waals surface area contributed by atoms with Gasteiger partial charge in [0.25, 0.3) is 0 Å². The third-order valence-electron chi connectivity index (χ3n) is 4.94. The fraction of sp³-hybridized carbons (Fsp3) is 0.682. The maximum absolute atomic E-state index is 5.93. The zero-order valence-corrected chi connectivity index (χ0v) is 20.5. The van der Waals surface area contributed by atoms with E-state index in [-0.39, 0.29) is 24.0 Å². The molecule has 1 N–H and O–H groups in total. The smallest absolute Gasteiger partial charge is 0.193 e. The van der Waals surface area contributed by atoms with Crippen LogP contribution in [0, 0.1) is 6.92 Å². The number of ether oxygens (including phenoxy) is 3. The van der Waals surface area contributed by atoms with Crippen molar-refractivity contribution in [3.8, 4) is 5.75 Å². The first-order valence-corrected chi connectivity index (χ1v) is 10.5. The number of rotatable bonds is 11. The third-order valence-corrected chi connectivity index (χ3v) is 4.94. The van der Waals surface area contributed by atoms with Gasteiger partial charge in [-0.25, -0.2) is 0 Å². The molecule has 2 rings (SSSR count). The summed E-state index contributed by atoms with van der Waals surface area (Å²) >= 11 is 0. The van der Waals surface area contributed by atoms with Crippen LogP contribution in [0.3, 0.4) is 0 Å². The van der Waals surface area contributed by atoms with Crippen LogP contribution in [0.25, 0.3) is 0 Å². The molecule has 0 bridgehead atoms. The Morgan fingerprint density at radius 1 is 1.07 bits per heavy atom. The minimum atomic E-state index is 0. The second kappa shape index (κ2) is 15.7. The van der Waals surface area contributed by atoms with Crippen molar-refractivity contribution in [2.75, 3.05) is 53.6 Å². The summed E-state index contributed by atoms with van der Waals surface area (Å²) in [4.78, 5) is 6.77. The van der Waals surface area contributed by atoms with Gasteiger partial charge in [0.05, 0.1) is 12.7 Å². The molecule has 29 heavy (non-hydrogen) atoms. The molecule has 0 aromatic heterocycles. The van der Waals surface area contributed by atoms with Gasteiger partial charge in [0.1, 0.15) is 5.75 Å². The highest BCUT2D eigenvalue weighted by atomic mass is 127. The number of nitrogens with one attached hydrogen (secondary N) is 1. The summed E-state index contributed by atoms with van der Waals surface area (Å²) in [5, 5.41) is 3.48. The molecule has 0 atom stereocenters. The average molecular weight is 519 g/mol. The molecule has 1 aromatic carbocycles. The number of unbranched alkanes of at least 4 members (excludes halogenated alkanes) is 1. The SMILES string of the molecule is CN=C(NCCCCOc1ccc(C)cc1)N1CCC(OCCCOC)CC1.I. The lowest BCUT2D eigenvalue weighted by atomic mass is 10.1. The van der Waals surface area contributed by atoms with Crippen LogP contribution in [0.1, 0.15) is 37.7 Å². The minimum absolute atomic E-state index is 0. The molecule has 0 amide bonds. The number of guanidine groups is 1. The second-order valence-electron chi connectivity index (χ2n) is 7.25. The lowest BCUT2D eigenvalue weighted by Gasteiger charge is -2.34. The summed E-state index contributed by atoms with van der Waals surface area (Å²) in [5.41, 5.74) is 1.25. The number of nitrogens with zero attached hydrogens (tertiary/aromatic N) is 2. The van der Waals surface area contributed by atoms with Gasteiger partial charge in [0, 0.05) is 47.0 Å². The zero-order chi connectivity index (χ0) is 20.0. The molecule has 1 saturated heterocycles. The fourth-order valence-electron chi connectivity index (χ4n) is 3.27. The van der Waals surface area contributed by atoms with Crippen LogP contribution in [0.4, 0.5) is 0 Å². The van der Waals surface area contributed by atoms with E-state index in [1.54, 1.807) is 7.11 Å². The van der Waals surface area contributed by atoms with Gasteiger partial charge in [-0.2, -0.15) is 0 Å². The quantitative estimate of drug-likeness (QED) is 0.208. The topological polar surface area (TPSA) is 55.3 Å². The Bertz CT molecular complexity index is 561. The molecule has 1 aromatic rings. The predicted octanol–water partition coefficient (Wildman–Crippen LogP) is 3.86. The van der Waals surface area contributed by atoms with E-state index in [9.17, 15) is 0 Å². The first-order chi connectivity index (χ1) is 13.7. The molecule has 0 unspecified atom stereocenters. The van der Waals surface area contributed by atoms with Crippen molar-refractivity contribution in [2.45, 2.75) is 45.1 Å². The standard InChI is InChI=1S/C22H37N3O3.HI/c1-19-7-9-20(10-8-19)27-17-5-4-13-24-22(23-2)25-14-11-21(12-15-25)28-18-6-16-26-3;/h7-10,21H,4-6,11-18H2,1-3H3,(H,23,24);1H. The Labute approximate surface area is 193 Å². The molecule has 1 fully saturated rings. The highest BCUT2D eigenvalue weighted by Crippen LogP contribution is 2.14. The number of halogens is 1. The molecule has 0 saturated carbocycles. The number of piperidine rings is 1. The Kier molecular flexibility index (Phi) is 14.1. The van der Waals surface area contributed by atoms with Crippen LogP contribution >= 0.6 is 24.0 Å². The van der Waals surface area contributed by atoms with E-state index in [1.165, 1.54) is 5.56 Å².